The van der Waals surface area contributed by atoms with Crippen LogP contribution in [0.3, 0.4) is 0 Å². The Labute approximate surface area is 144 Å². The van der Waals surface area contributed by atoms with Crippen molar-refractivity contribution in [2.24, 2.45) is 0 Å². The summed E-state index contributed by atoms with van der Waals surface area (Å²) in [4.78, 5) is 13.6. The fraction of sp³-hybridized carbons (Fsp3) is 0.235. The molecule has 0 atom stereocenters. The van der Waals surface area contributed by atoms with Crippen molar-refractivity contribution in [3.63, 3.8) is 0 Å². The molecule has 2 aromatic rings. The Balaban J connectivity index is 1.74. The number of likely N-dealkylation sites (N-methyl/N-ethyl adjacent to an activating group) is 1. The van der Waals surface area contributed by atoms with Gasteiger partial charge in [-0.15, -0.1) is 0 Å². The molecule has 1 N–H and O–H groups in total. The van der Waals surface area contributed by atoms with E-state index in [4.69, 9.17) is 16.3 Å². The van der Waals surface area contributed by atoms with Gasteiger partial charge in [0, 0.05) is 17.6 Å². The van der Waals surface area contributed by atoms with E-state index in [1.54, 1.807) is 36.2 Å². The molecule has 1 amide bonds. The summed E-state index contributed by atoms with van der Waals surface area (Å²) in [5.74, 6) is -1.21. The zero-order valence-corrected chi connectivity index (χ0v) is 13.8. The van der Waals surface area contributed by atoms with Crippen molar-refractivity contribution in [2.75, 3.05) is 32.1 Å². The van der Waals surface area contributed by atoms with Crippen LogP contribution in [0.15, 0.2) is 42.5 Å². The summed E-state index contributed by atoms with van der Waals surface area (Å²) in [6, 6.07) is 9.96. The number of nitrogens with zero attached hydrogens (tertiary/aromatic N) is 1. The number of amides is 1. The van der Waals surface area contributed by atoms with Crippen LogP contribution in [0.1, 0.15) is 0 Å². The third-order valence-corrected chi connectivity index (χ3v) is 3.43. The highest BCUT2D eigenvalue weighted by molar-refractivity contribution is 6.30. The number of halogens is 3. The van der Waals surface area contributed by atoms with E-state index in [1.807, 2.05) is 0 Å². The summed E-state index contributed by atoms with van der Waals surface area (Å²) in [5, 5.41) is 3.03. The lowest BCUT2D eigenvalue weighted by Crippen LogP contribution is -2.33. The SMILES string of the molecule is CN(CCOc1ccc(Cl)cc1)CC(=O)Nc1ccc(F)cc1F. The van der Waals surface area contributed by atoms with Gasteiger partial charge in [-0.05, 0) is 43.4 Å². The summed E-state index contributed by atoms with van der Waals surface area (Å²) in [7, 11) is 1.74. The highest BCUT2D eigenvalue weighted by atomic mass is 35.5. The second-order valence-corrected chi connectivity index (χ2v) is 5.65. The molecule has 7 heteroatoms. The number of carbonyl (C=O) groups excluding carboxylic acids is 1. The highest BCUT2D eigenvalue weighted by Gasteiger charge is 2.10. The fourth-order valence-electron chi connectivity index (χ4n) is 1.95. The van der Waals surface area contributed by atoms with Gasteiger partial charge in [-0.3, -0.25) is 9.69 Å². The summed E-state index contributed by atoms with van der Waals surface area (Å²) in [6.45, 7) is 0.944. The van der Waals surface area contributed by atoms with Crippen molar-refractivity contribution in [3.8, 4) is 5.75 Å². The molecule has 128 valence electrons. The van der Waals surface area contributed by atoms with Crippen LogP contribution < -0.4 is 10.1 Å². The van der Waals surface area contributed by atoms with Crippen molar-refractivity contribution in [3.05, 3.63) is 59.1 Å². The van der Waals surface area contributed by atoms with Gasteiger partial charge in [-0.1, -0.05) is 11.6 Å². The first kappa shape index (κ1) is 18.2. The maximum atomic E-state index is 13.5. The molecule has 0 aliphatic carbocycles. The number of anilines is 1. The molecule has 0 heterocycles. The third-order valence-electron chi connectivity index (χ3n) is 3.17. The first-order valence-corrected chi connectivity index (χ1v) is 7.63. The molecule has 0 aliphatic heterocycles. The minimum atomic E-state index is -0.808. The van der Waals surface area contributed by atoms with E-state index in [1.165, 1.54) is 6.07 Å². The van der Waals surface area contributed by atoms with Gasteiger partial charge in [0.25, 0.3) is 0 Å². The molecule has 0 fully saturated rings. The molecule has 4 nitrogen and oxygen atoms in total. The van der Waals surface area contributed by atoms with E-state index in [0.29, 0.717) is 23.9 Å². The lowest BCUT2D eigenvalue weighted by Gasteiger charge is -2.17. The summed E-state index contributed by atoms with van der Waals surface area (Å²) >= 11 is 5.78. The number of rotatable bonds is 7. The third kappa shape index (κ3) is 5.79. The number of nitrogens with one attached hydrogen (secondary N) is 1. The van der Waals surface area contributed by atoms with Crippen LogP contribution in [0.4, 0.5) is 14.5 Å². The van der Waals surface area contributed by atoms with Crippen LogP contribution in [-0.4, -0.2) is 37.6 Å². The van der Waals surface area contributed by atoms with Crippen molar-refractivity contribution < 1.29 is 18.3 Å². The Kier molecular flexibility index (Phi) is 6.52. The van der Waals surface area contributed by atoms with Gasteiger partial charge < -0.3 is 10.1 Å². The van der Waals surface area contributed by atoms with Crippen molar-refractivity contribution in [1.29, 1.82) is 0 Å². The second-order valence-electron chi connectivity index (χ2n) is 5.21. The fourth-order valence-corrected chi connectivity index (χ4v) is 2.08. The number of carbonyl (C=O) groups is 1. The van der Waals surface area contributed by atoms with E-state index in [2.05, 4.69) is 5.32 Å². The lowest BCUT2D eigenvalue weighted by atomic mass is 10.3. The van der Waals surface area contributed by atoms with E-state index in [9.17, 15) is 13.6 Å². The summed E-state index contributed by atoms with van der Waals surface area (Å²) < 4.78 is 31.8. The quantitative estimate of drug-likeness (QED) is 0.826. The summed E-state index contributed by atoms with van der Waals surface area (Å²) in [6.07, 6.45) is 0. The average molecular weight is 355 g/mol. The van der Waals surface area contributed by atoms with Crippen molar-refractivity contribution in [1.82, 2.24) is 4.90 Å². The molecule has 0 spiro atoms. The van der Waals surface area contributed by atoms with Gasteiger partial charge in [0.05, 0.1) is 12.2 Å². The smallest absolute Gasteiger partial charge is 0.238 e. The molecule has 2 rings (SSSR count). The highest BCUT2D eigenvalue weighted by Crippen LogP contribution is 2.16. The van der Waals surface area contributed by atoms with Gasteiger partial charge >= 0.3 is 0 Å². The lowest BCUT2D eigenvalue weighted by molar-refractivity contribution is -0.117. The van der Waals surface area contributed by atoms with Crippen LogP contribution in [-0.2, 0) is 4.79 Å². The van der Waals surface area contributed by atoms with E-state index in [-0.39, 0.29) is 12.2 Å². The predicted octanol–water partition coefficient (Wildman–Crippen LogP) is 3.57. The van der Waals surface area contributed by atoms with Crippen molar-refractivity contribution >= 4 is 23.2 Å². The molecule has 2 aromatic carbocycles. The Morgan fingerprint density at radius 3 is 2.58 bits per heavy atom. The van der Waals surface area contributed by atoms with Gasteiger partial charge in [-0.25, -0.2) is 8.78 Å². The molecule has 0 unspecified atom stereocenters. The monoisotopic (exact) mass is 354 g/mol. The van der Waals surface area contributed by atoms with Crippen LogP contribution in [0.25, 0.3) is 0 Å². The molecular weight excluding hydrogens is 338 g/mol. The maximum Gasteiger partial charge on any atom is 0.238 e. The van der Waals surface area contributed by atoms with Crippen LogP contribution in [0, 0.1) is 11.6 Å². The first-order valence-electron chi connectivity index (χ1n) is 7.26. The second kappa shape index (κ2) is 8.61. The maximum absolute atomic E-state index is 13.5. The topological polar surface area (TPSA) is 41.6 Å². The molecule has 24 heavy (non-hydrogen) atoms. The van der Waals surface area contributed by atoms with Crippen LogP contribution in [0.2, 0.25) is 5.02 Å². The molecular formula is C17H17ClF2N2O2. The van der Waals surface area contributed by atoms with Gasteiger partial charge in [0.2, 0.25) is 5.91 Å². The number of benzene rings is 2. The Morgan fingerprint density at radius 2 is 1.92 bits per heavy atom. The van der Waals surface area contributed by atoms with Crippen LogP contribution >= 0.6 is 11.6 Å². The number of ether oxygens (including phenoxy) is 1. The average Bonchev–Trinajstić information content (AvgIpc) is 2.52. The number of hydrogen-bond donors (Lipinski definition) is 1. The largest absolute Gasteiger partial charge is 0.492 e. The normalized spacial score (nSPS) is 10.7. The Hall–Kier alpha value is -2.18. The first-order chi connectivity index (χ1) is 11.4. The molecule has 0 radical (unpaired) electrons. The Bertz CT molecular complexity index is 695. The zero-order valence-electron chi connectivity index (χ0n) is 13.1. The number of hydrogen-bond acceptors (Lipinski definition) is 3. The van der Waals surface area contributed by atoms with Gasteiger partial charge in [0.15, 0.2) is 0 Å². The van der Waals surface area contributed by atoms with Crippen LogP contribution in [0.5, 0.6) is 5.75 Å². The van der Waals surface area contributed by atoms with E-state index >= 15 is 0 Å². The predicted molar refractivity (Wildman–Crippen MR) is 89.4 cm³/mol. The summed E-state index contributed by atoms with van der Waals surface area (Å²) in [5.41, 5.74) is -0.0489. The molecule has 0 saturated carbocycles. The van der Waals surface area contributed by atoms with Gasteiger partial charge in [0.1, 0.15) is 24.0 Å². The van der Waals surface area contributed by atoms with E-state index < -0.39 is 17.5 Å². The van der Waals surface area contributed by atoms with E-state index in [0.717, 1.165) is 12.1 Å². The minimum Gasteiger partial charge on any atom is -0.492 e. The zero-order chi connectivity index (χ0) is 17.5. The molecule has 0 bridgehead atoms. The van der Waals surface area contributed by atoms with Gasteiger partial charge in [-0.2, -0.15) is 0 Å². The Morgan fingerprint density at radius 1 is 1.21 bits per heavy atom. The minimum absolute atomic E-state index is 0.0489. The standard InChI is InChI=1S/C17H17ClF2N2O2/c1-22(8-9-24-14-5-2-12(18)3-6-14)11-17(23)21-16-7-4-13(19)10-15(16)20/h2-7,10H,8-9,11H2,1H3,(H,21,23). The van der Waals surface area contributed by atoms with Crippen molar-refractivity contribution in [2.45, 2.75) is 0 Å². The molecule has 0 aliphatic rings. The molecule has 0 aromatic heterocycles. The molecule has 0 saturated heterocycles.